The summed E-state index contributed by atoms with van der Waals surface area (Å²) in [4.78, 5) is 20.5. The van der Waals surface area contributed by atoms with Gasteiger partial charge < -0.3 is 10.6 Å². The van der Waals surface area contributed by atoms with Crippen molar-refractivity contribution in [1.82, 2.24) is 14.8 Å². The molecule has 5 nitrogen and oxygen atoms in total. The molecule has 98 valence electrons. The summed E-state index contributed by atoms with van der Waals surface area (Å²) >= 11 is 0. The summed E-state index contributed by atoms with van der Waals surface area (Å²) < 4.78 is 0. The van der Waals surface area contributed by atoms with Crippen molar-refractivity contribution < 1.29 is 4.79 Å². The fraction of sp³-hybridized carbons (Fsp3) is 0.538. The molecular weight excluding hydrogens is 228 g/mol. The van der Waals surface area contributed by atoms with Crippen LogP contribution >= 0.6 is 0 Å². The number of carbonyl (C=O) groups is 1. The fourth-order valence-corrected chi connectivity index (χ4v) is 2.17. The molecule has 1 saturated heterocycles. The topological polar surface area (TPSA) is 62.5 Å². The van der Waals surface area contributed by atoms with Crippen molar-refractivity contribution in [2.24, 2.45) is 0 Å². The Hall–Kier alpha value is -1.62. The van der Waals surface area contributed by atoms with Crippen LogP contribution < -0.4 is 5.73 Å². The van der Waals surface area contributed by atoms with Gasteiger partial charge in [-0.2, -0.15) is 0 Å². The number of rotatable bonds is 2. The minimum absolute atomic E-state index is 0.0225. The molecule has 1 aliphatic rings. The zero-order valence-corrected chi connectivity index (χ0v) is 11.0. The highest BCUT2D eigenvalue weighted by Gasteiger charge is 2.23. The van der Waals surface area contributed by atoms with Crippen LogP contribution in [0.25, 0.3) is 0 Å². The monoisotopic (exact) mass is 248 g/mol. The second kappa shape index (κ2) is 5.35. The largest absolute Gasteiger partial charge is 0.384 e. The summed E-state index contributed by atoms with van der Waals surface area (Å²) in [5, 5.41) is 0. The Kier molecular flexibility index (Phi) is 3.81. The van der Waals surface area contributed by atoms with E-state index in [4.69, 9.17) is 5.73 Å². The molecule has 0 spiro atoms. The second-order valence-corrected chi connectivity index (χ2v) is 4.87. The lowest BCUT2D eigenvalue weighted by Gasteiger charge is -2.36. The molecule has 1 fully saturated rings. The number of nitrogen functional groups attached to an aromatic ring is 1. The van der Waals surface area contributed by atoms with Crippen molar-refractivity contribution in [3.8, 4) is 0 Å². The number of piperazine rings is 1. The number of aromatic nitrogens is 1. The highest BCUT2D eigenvalue weighted by molar-refractivity contribution is 5.92. The van der Waals surface area contributed by atoms with Gasteiger partial charge in [0.2, 0.25) is 0 Å². The number of nitrogens with two attached hydrogens (primary N) is 1. The van der Waals surface area contributed by atoms with E-state index in [1.165, 1.54) is 0 Å². The Balaban J connectivity index is 1.99. The van der Waals surface area contributed by atoms with Crippen molar-refractivity contribution in [2.45, 2.75) is 19.9 Å². The maximum Gasteiger partial charge on any atom is 0.272 e. The summed E-state index contributed by atoms with van der Waals surface area (Å²) in [7, 11) is 0. The first kappa shape index (κ1) is 12.8. The van der Waals surface area contributed by atoms with Gasteiger partial charge in [-0.1, -0.05) is 6.07 Å². The van der Waals surface area contributed by atoms with Gasteiger partial charge in [0.1, 0.15) is 11.5 Å². The van der Waals surface area contributed by atoms with Crippen LogP contribution in [0, 0.1) is 0 Å². The number of hydrogen-bond donors (Lipinski definition) is 1. The van der Waals surface area contributed by atoms with Crippen LogP contribution in [-0.2, 0) is 0 Å². The van der Waals surface area contributed by atoms with Gasteiger partial charge in [0, 0.05) is 32.2 Å². The van der Waals surface area contributed by atoms with E-state index in [2.05, 4.69) is 23.7 Å². The first-order chi connectivity index (χ1) is 8.58. The average molecular weight is 248 g/mol. The highest BCUT2D eigenvalue weighted by atomic mass is 16.2. The average Bonchev–Trinajstić information content (AvgIpc) is 2.38. The predicted octanol–water partition coefficient (Wildman–Crippen LogP) is 0.830. The third kappa shape index (κ3) is 2.79. The lowest BCUT2D eigenvalue weighted by Crippen LogP contribution is -2.50. The molecule has 2 heterocycles. The lowest BCUT2D eigenvalue weighted by molar-refractivity contribution is 0.0590. The Morgan fingerprint density at radius 3 is 2.50 bits per heavy atom. The highest BCUT2D eigenvalue weighted by Crippen LogP contribution is 2.10. The SMILES string of the molecule is CC(C)N1CCN(C(=O)c2cccc(N)n2)CC1. The number of pyridine rings is 1. The second-order valence-electron chi connectivity index (χ2n) is 4.87. The molecule has 0 unspecified atom stereocenters. The molecule has 2 rings (SSSR count). The quantitative estimate of drug-likeness (QED) is 0.842. The van der Waals surface area contributed by atoms with Gasteiger partial charge in [0.15, 0.2) is 0 Å². The molecule has 18 heavy (non-hydrogen) atoms. The van der Waals surface area contributed by atoms with Gasteiger partial charge in [0.05, 0.1) is 0 Å². The van der Waals surface area contributed by atoms with Crippen LogP contribution in [0.1, 0.15) is 24.3 Å². The third-order valence-electron chi connectivity index (χ3n) is 3.32. The Bertz CT molecular complexity index is 425. The first-order valence-electron chi connectivity index (χ1n) is 6.34. The van der Waals surface area contributed by atoms with E-state index in [1.54, 1.807) is 18.2 Å². The molecule has 0 radical (unpaired) electrons. The van der Waals surface area contributed by atoms with Crippen molar-refractivity contribution in [2.75, 3.05) is 31.9 Å². The fourth-order valence-electron chi connectivity index (χ4n) is 2.17. The van der Waals surface area contributed by atoms with E-state index < -0.39 is 0 Å². The van der Waals surface area contributed by atoms with E-state index in [1.807, 2.05) is 4.90 Å². The maximum absolute atomic E-state index is 12.2. The number of anilines is 1. The van der Waals surface area contributed by atoms with Crippen LogP contribution in [0.2, 0.25) is 0 Å². The molecule has 5 heteroatoms. The van der Waals surface area contributed by atoms with Gasteiger partial charge in [-0.15, -0.1) is 0 Å². The lowest BCUT2D eigenvalue weighted by atomic mass is 10.2. The summed E-state index contributed by atoms with van der Waals surface area (Å²) in [6.07, 6.45) is 0. The first-order valence-corrected chi connectivity index (χ1v) is 6.34. The number of carbonyl (C=O) groups excluding carboxylic acids is 1. The molecule has 1 amide bonds. The number of nitrogens with zero attached hydrogens (tertiary/aromatic N) is 3. The number of amides is 1. The van der Waals surface area contributed by atoms with Crippen LogP contribution in [0.4, 0.5) is 5.82 Å². The zero-order valence-electron chi connectivity index (χ0n) is 11.0. The third-order valence-corrected chi connectivity index (χ3v) is 3.32. The van der Waals surface area contributed by atoms with Crippen LogP contribution in [-0.4, -0.2) is 52.9 Å². The van der Waals surface area contributed by atoms with Crippen molar-refractivity contribution in [3.05, 3.63) is 23.9 Å². The van der Waals surface area contributed by atoms with E-state index in [0.29, 0.717) is 17.6 Å². The Labute approximate surface area is 108 Å². The van der Waals surface area contributed by atoms with Crippen molar-refractivity contribution in [3.63, 3.8) is 0 Å². The summed E-state index contributed by atoms with van der Waals surface area (Å²) in [6, 6.07) is 5.70. The molecule has 0 aliphatic carbocycles. The van der Waals surface area contributed by atoms with Gasteiger partial charge in [-0.05, 0) is 26.0 Å². The van der Waals surface area contributed by atoms with Gasteiger partial charge in [-0.3, -0.25) is 9.69 Å². The molecule has 1 aromatic heterocycles. The molecule has 0 aromatic carbocycles. The van der Waals surface area contributed by atoms with Crippen molar-refractivity contribution in [1.29, 1.82) is 0 Å². The van der Waals surface area contributed by atoms with Crippen LogP contribution in [0.5, 0.6) is 0 Å². The van der Waals surface area contributed by atoms with E-state index in [9.17, 15) is 4.79 Å². The molecule has 1 aliphatic heterocycles. The van der Waals surface area contributed by atoms with Gasteiger partial charge >= 0.3 is 0 Å². The minimum atomic E-state index is -0.0225. The Morgan fingerprint density at radius 1 is 1.28 bits per heavy atom. The van der Waals surface area contributed by atoms with Crippen molar-refractivity contribution >= 4 is 11.7 Å². The normalized spacial score (nSPS) is 17.2. The summed E-state index contributed by atoms with van der Waals surface area (Å²) in [5.74, 6) is 0.368. The smallest absolute Gasteiger partial charge is 0.272 e. The molecule has 0 bridgehead atoms. The van der Waals surface area contributed by atoms with Crippen LogP contribution in [0.15, 0.2) is 18.2 Å². The molecule has 1 aromatic rings. The minimum Gasteiger partial charge on any atom is -0.384 e. The Morgan fingerprint density at radius 2 is 1.94 bits per heavy atom. The molecule has 0 atom stereocenters. The summed E-state index contributed by atoms with van der Waals surface area (Å²) in [5.41, 5.74) is 6.04. The maximum atomic E-state index is 12.2. The standard InChI is InChI=1S/C13H20N4O/c1-10(2)16-6-8-17(9-7-16)13(18)11-4-3-5-12(14)15-11/h3-5,10H,6-9H2,1-2H3,(H2,14,15). The molecular formula is C13H20N4O. The van der Waals surface area contributed by atoms with E-state index >= 15 is 0 Å². The van der Waals surface area contributed by atoms with E-state index in [0.717, 1.165) is 26.2 Å². The molecule has 0 saturated carbocycles. The van der Waals surface area contributed by atoms with Gasteiger partial charge in [-0.25, -0.2) is 4.98 Å². The molecule has 2 N–H and O–H groups in total. The number of hydrogen-bond acceptors (Lipinski definition) is 4. The van der Waals surface area contributed by atoms with Crippen LogP contribution in [0.3, 0.4) is 0 Å². The van der Waals surface area contributed by atoms with E-state index in [-0.39, 0.29) is 5.91 Å². The van der Waals surface area contributed by atoms with Gasteiger partial charge in [0.25, 0.3) is 5.91 Å². The summed E-state index contributed by atoms with van der Waals surface area (Å²) in [6.45, 7) is 7.71. The zero-order chi connectivity index (χ0) is 13.1. The predicted molar refractivity (Wildman–Crippen MR) is 71.3 cm³/mol.